The van der Waals surface area contributed by atoms with Crippen molar-refractivity contribution in [1.82, 2.24) is 0 Å². The van der Waals surface area contributed by atoms with E-state index < -0.39 is 0 Å². The number of benzene rings is 1. The van der Waals surface area contributed by atoms with Gasteiger partial charge in [-0.3, -0.25) is 0 Å². The molecule has 0 aliphatic rings. The van der Waals surface area contributed by atoms with E-state index in [0.29, 0.717) is 18.1 Å². The van der Waals surface area contributed by atoms with E-state index in [0.717, 1.165) is 6.42 Å². The Morgan fingerprint density at radius 2 is 2.00 bits per heavy atom. The predicted octanol–water partition coefficient (Wildman–Crippen LogP) is 2.60. The largest absolute Gasteiger partial charge is 0.508 e. The van der Waals surface area contributed by atoms with E-state index >= 15 is 0 Å². The number of hydrogen-bond acceptors (Lipinski definition) is 3. The minimum Gasteiger partial charge on any atom is -0.508 e. The molecule has 15 heavy (non-hydrogen) atoms. The molecule has 1 rings (SSSR count). The van der Waals surface area contributed by atoms with Gasteiger partial charge >= 0.3 is 5.97 Å². The Labute approximate surface area is 89.7 Å². The van der Waals surface area contributed by atoms with Gasteiger partial charge in [-0.25, -0.2) is 4.79 Å². The summed E-state index contributed by atoms with van der Waals surface area (Å²) in [6.45, 7) is 4.53. The number of carbonyl (C=O) groups is 1. The lowest BCUT2D eigenvalue weighted by Gasteiger charge is -2.09. The molecule has 1 aromatic rings. The Hall–Kier alpha value is -1.51. The molecule has 0 aromatic heterocycles. The molecule has 0 saturated carbocycles. The van der Waals surface area contributed by atoms with E-state index in [4.69, 9.17) is 9.84 Å². The van der Waals surface area contributed by atoms with Crippen molar-refractivity contribution in [3.05, 3.63) is 29.8 Å². The van der Waals surface area contributed by atoms with Gasteiger partial charge in [0.2, 0.25) is 0 Å². The molecule has 0 saturated heterocycles. The third-order valence-electron chi connectivity index (χ3n) is 2.30. The summed E-state index contributed by atoms with van der Waals surface area (Å²) in [5, 5.41) is 9.04. The number of aromatic hydroxyl groups is 1. The quantitative estimate of drug-likeness (QED) is 0.773. The highest BCUT2D eigenvalue weighted by atomic mass is 16.5. The van der Waals surface area contributed by atoms with Gasteiger partial charge in [0.1, 0.15) is 5.75 Å². The number of ether oxygens (including phenoxy) is 1. The lowest BCUT2D eigenvalue weighted by Crippen LogP contribution is -2.11. The molecule has 0 heterocycles. The number of esters is 1. The van der Waals surface area contributed by atoms with Crippen LogP contribution in [0.25, 0.3) is 0 Å². The summed E-state index contributed by atoms with van der Waals surface area (Å²) in [4.78, 5) is 11.5. The second kappa shape index (κ2) is 5.39. The van der Waals surface area contributed by atoms with Gasteiger partial charge in [-0.2, -0.15) is 0 Å². The lowest BCUT2D eigenvalue weighted by molar-refractivity contribution is 0.0447. The second-order valence-electron chi connectivity index (χ2n) is 3.66. The zero-order valence-corrected chi connectivity index (χ0v) is 9.06. The maximum absolute atomic E-state index is 11.5. The van der Waals surface area contributed by atoms with E-state index in [1.54, 1.807) is 12.1 Å². The van der Waals surface area contributed by atoms with Crippen molar-refractivity contribution in [3.8, 4) is 5.75 Å². The first-order valence-corrected chi connectivity index (χ1v) is 5.09. The molecule has 0 spiro atoms. The Morgan fingerprint density at radius 3 is 2.53 bits per heavy atom. The maximum Gasteiger partial charge on any atom is 0.338 e. The van der Waals surface area contributed by atoms with E-state index in [9.17, 15) is 4.79 Å². The van der Waals surface area contributed by atoms with Crippen molar-refractivity contribution in [2.75, 3.05) is 6.61 Å². The molecule has 0 unspecified atom stereocenters. The van der Waals surface area contributed by atoms with E-state index in [2.05, 4.69) is 6.92 Å². The first-order valence-electron chi connectivity index (χ1n) is 5.09. The van der Waals surface area contributed by atoms with Crippen LogP contribution in [0.3, 0.4) is 0 Å². The van der Waals surface area contributed by atoms with Crippen LogP contribution in [-0.2, 0) is 4.74 Å². The average Bonchev–Trinajstić information content (AvgIpc) is 2.26. The molecule has 0 fully saturated rings. The number of phenolic OH excluding ortho intramolecular Hbond substituents is 1. The standard InChI is InChI=1S/C12H16O3/c1-3-9(2)8-15-12(14)10-4-6-11(13)7-5-10/h4-7,9,13H,3,8H2,1-2H3/t9-/m1/s1. The minimum atomic E-state index is -0.338. The van der Waals surface area contributed by atoms with Gasteiger partial charge in [0.25, 0.3) is 0 Å². The molecule has 1 atom stereocenters. The number of hydrogen-bond donors (Lipinski definition) is 1. The van der Waals surface area contributed by atoms with Gasteiger partial charge in [0.15, 0.2) is 0 Å². The molecule has 0 amide bonds. The zero-order valence-electron chi connectivity index (χ0n) is 9.06. The van der Waals surface area contributed by atoms with Crippen LogP contribution < -0.4 is 0 Å². The molecule has 0 aliphatic heterocycles. The van der Waals surface area contributed by atoms with Crippen LogP contribution in [0.15, 0.2) is 24.3 Å². The van der Waals surface area contributed by atoms with Crippen LogP contribution in [-0.4, -0.2) is 17.7 Å². The van der Waals surface area contributed by atoms with Crippen LogP contribution in [0.2, 0.25) is 0 Å². The Bertz CT molecular complexity index is 316. The fourth-order valence-corrected chi connectivity index (χ4v) is 1.02. The molecule has 1 aromatic carbocycles. The van der Waals surface area contributed by atoms with Gasteiger partial charge < -0.3 is 9.84 Å². The Kier molecular flexibility index (Phi) is 4.16. The summed E-state index contributed by atoms with van der Waals surface area (Å²) in [7, 11) is 0. The molecular formula is C12H16O3. The third-order valence-corrected chi connectivity index (χ3v) is 2.30. The smallest absolute Gasteiger partial charge is 0.338 e. The summed E-state index contributed by atoms with van der Waals surface area (Å²) >= 11 is 0. The van der Waals surface area contributed by atoms with Crippen LogP contribution in [0, 0.1) is 5.92 Å². The highest BCUT2D eigenvalue weighted by molar-refractivity contribution is 5.89. The van der Waals surface area contributed by atoms with Crippen molar-refractivity contribution in [1.29, 1.82) is 0 Å². The van der Waals surface area contributed by atoms with Crippen molar-refractivity contribution in [3.63, 3.8) is 0 Å². The molecular weight excluding hydrogens is 192 g/mol. The van der Waals surface area contributed by atoms with E-state index in [1.807, 2.05) is 6.92 Å². The lowest BCUT2D eigenvalue weighted by atomic mass is 10.1. The Balaban J connectivity index is 2.50. The van der Waals surface area contributed by atoms with Gasteiger partial charge in [0.05, 0.1) is 12.2 Å². The first-order chi connectivity index (χ1) is 7.13. The predicted molar refractivity (Wildman–Crippen MR) is 57.8 cm³/mol. The van der Waals surface area contributed by atoms with Gasteiger partial charge in [0, 0.05) is 0 Å². The number of carbonyl (C=O) groups excluding carboxylic acids is 1. The van der Waals surface area contributed by atoms with Gasteiger partial charge in [-0.1, -0.05) is 20.3 Å². The van der Waals surface area contributed by atoms with Crippen molar-refractivity contribution in [2.24, 2.45) is 5.92 Å². The zero-order chi connectivity index (χ0) is 11.3. The fourth-order valence-electron chi connectivity index (χ4n) is 1.02. The first kappa shape index (κ1) is 11.6. The highest BCUT2D eigenvalue weighted by Gasteiger charge is 2.08. The molecule has 3 heteroatoms. The van der Waals surface area contributed by atoms with E-state index in [-0.39, 0.29) is 11.7 Å². The molecule has 82 valence electrons. The van der Waals surface area contributed by atoms with Crippen LogP contribution in [0.1, 0.15) is 30.6 Å². The van der Waals surface area contributed by atoms with Crippen LogP contribution in [0.4, 0.5) is 0 Å². The summed E-state index contributed by atoms with van der Waals surface area (Å²) in [6.07, 6.45) is 0.989. The molecule has 3 nitrogen and oxygen atoms in total. The molecule has 0 bridgehead atoms. The topological polar surface area (TPSA) is 46.5 Å². The van der Waals surface area contributed by atoms with Crippen molar-refractivity contribution in [2.45, 2.75) is 20.3 Å². The van der Waals surface area contributed by atoms with Crippen molar-refractivity contribution < 1.29 is 14.6 Å². The summed E-state index contributed by atoms with van der Waals surface area (Å²) < 4.78 is 5.10. The van der Waals surface area contributed by atoms with Crippen molar-refractivity contribution >= 4 is 5.97 Å². The molecule has 0 aliphatic carbocycles. The minimum absolute atomic E-state index is 0.147. The second-order valence-corrected chi connectivity index (χ2v) is 3.66. The summed E-state index contributed by atoms with van der Waals surface area (Å²) in [5.41, 5.74) is 0.469. The van der Waals surface area contributed by atoms with Gasteiger partial charge in [-0.05, 0) is 30.2 Å². The fraction of sp³-hybridized carbons (Fsp3) is 0.417. The highest BCUT2D eigenvalue weighted by Crippen LogP contribution is 2.11. The Morgan fingerprint density at radius 1 is 1.40 bits per heavy atom. The number of rotatable bonds is 4. The van der Waals surface area contributed by atoms with Crippen LogP contribution >= 0.6 is 0 Å². The number of phenols is 1. The normalized spacial score (nSPS) is 12.1. The van der Waals surface area contributed by atoms with E-state index in [1.165, 1.54) is 12.1 Å². The van der Waals surface area contributed by atoms with Gasteiger partial charge in [-0.15, -0.1) is 0 Å². The molecule has 1 N–H and O–H groups in total. The SMILES string of the molecule is CC[C@@H](C)COC(=O)c1ccc(O)cc1. The molecule has 0 radical (unpaired) electrons. The summed E-state index contributed by atoms with van der Waals surface area (Å²) in [5.74, 6) is 0.190. The third kappa shape index (κ3) is 3.62. The monoisotopic (exact) mass is 208 g/mol. The average molecular weight is 208 g/mol. The van der Waals surface area contributed by atoms with Crippen LogP contribution in [0.5, 0.6) is 5.75 Å². The maximum atomic E-state index is 11.5. The summed E-state index contributed by atoms with van der Waals surface area (Å²) in [6, 6.07) is 6.04.